The Labute approximate surface area is 272 Å². The highest BCUT2D eigenvalue weighted by atomic mass is 15.1. The number of unbranched alkanes of at least 4 members (excludes halogenated alkanes) is 29. The fraction of sp³-hybridized carbons (Fsp3) is 0.927. The van der Waals surface area contributed by atoms with Crippen LogP contribution in [0.4, 0.5) is 0 Å². The van der Waals surface area contributed by atoms with Gasteiger partial charge in [-0.2, -0.15) is 0 Å². The number of aromatic nitrogens is 2. The molecule has 1 aromatic rings. The van der Waals surface area contributed by atoms with Gasteiger partial charge in [0, 0.05) is 6.42 Å². The van der Waals surface area contributed by atoms with E-state index in [-0.39, 0.29) is 0 Å². The Morgan fingerprint density at radius 3 is 1.12 bits per heavy atom. The average Bonchev–Trinajstić information content (AvgIpc) is 3.40. The molecule has 0 aliphatic carbocycles. The van der Waals surface area contributed by atoms with Gasteiger partial charge in [-0.3, -0.25) is 0 Å². The predicted octanol–water partition coefficient (Wildman–Crippen LogP) is 13.9. The molecule has 0 saturated heterocycles. The molecular formula is C41H81N2+. The first-order chi connectivity index (χ1) is 21.3. The lowest BCUT2D eigenvalue weighted by molar-refractivity contribution is -0.704. The molecule has 1 heterocycles. The van der Waals surface area contributed by atoms with Gasteiger partial charge < -0.3 is 0 Å². The Balaban J connectivity index is 2.29. The zero-order valence-electron chi connectivity index (χ0n) is 30.3. The maximum absolute atomic E-state index is 2.64. The molecule has 0 saturated carbocycles. The van der Waals surface area contributed by atoms with E-state index in [0.717, 1.165) is 0 Å². The van der Waals surface area contributed by atoms with Crippen LogP contribution in [0.1, 0.15) is 232 Å². The fourth-order valence-corrected chi connectivity index (χ4v) is 6.86. The standard InChI is InChI=1S/C41H81N2/c1-4-7-10-13-16-19-21-22-23-26-29-32-35-38-43-40-39-42(37-34-31-28-25-18-15-12-9-6-3)41(43)36-33-30-27-24-20-17-14-11-8-5-2/h39-40H,4-38H2,1-3H3/q+1. The van der Waals surface area contributed by atoms with Crippen LogP contribution in [0.3, 0.4) is 0 Å². The number of aryl methyl sites for hydroxylation is 2. The maximum Gasteiger partial charge on any atom is 0.256 e. The molecule has 254 valence electrons. The van der Waals surface area contributed by atoms with Crippen LogP contribution < -0.4 is 4.57 Å². The molecule has 0 spiro atoms. The summed E-state index contributed by atoms with van der Waals surface area (Å²) in [6.07, 6.45) is 51.9. The van der Waals surface area contributed by atoms with Gasteiger partial charge in [-0.25, -0.2) is 9.13 Å². The Hall–Kier alpha value is -0.790. The van der Waals surface area contributed by atoms with Crippen LogP contribution in [0.2, 0.25) is 0 Å². The predicted molar refractivity (Wildman–Crippen MR) is 193 cm³/mol. The maximum atomic E-state index is 2.64. The summed E-state index contributed by atoms with van der Waals surface area (Å²) in [5, 5.41) is 0. The summed E-state index contributed by atoms with van der Waals surface area (Å²) in [4.78, 5) is 0. The summed E-state index contributed by atoms with van der Waals surface area (Å²) >= 11 is 0. The molecule has 43 heavy (non-hydrogen) atoms. The van der Waals surface area contributed by atoms with Crippen molar-refractivity contribution in [2.75, 3.05) is 0 Å². The highest BCUT2D eigenvalue weighted by Gasteiger charge is 2.16. The summed E-state index contributed by atoms with van der Waals surface area (Å²) in [5.41, 5.74) is 0. The highest BCUT2D eigenvalue weighted by molar-refractivity contribution is 4.84. The topological polar surface area (TPSA) is 8.81 Å². The van der Waals surface area contributed by atoms with E-state index in [4.69, 9.17) is 0 Å². The average molecular weight is 602 g/mol. The zero-order valence-corrected chi connectivity index (χ0v) is 30.3. The molecule has 0 amide bonds. The van der Waals surface area contributed by atoms with Crippen LogP contribution in [0.25, 0.3) is 0 Å². The number of hydrogen-bond acceptors (Lipinski definition) is 0. The minimum Gasteiger partial charge on any atom is -0.234 e. The number of rotatable bonds is 35. The lowest BCUT2D eigenvalue weighted by Crippen LogP contribution is -2.37. The molecule has 0 radical (unpaired) electrons. The summed E-state index contributed by atoms with van der Waals surface area (Å²) in [6.45, 7) is 9.40. The molecule has 0 bridgehead atoms. The molecule has 0 N–H and O–H groups in total. The van der Waals surface area contributed by atoms with Crippen molar-refractivity contribution in [3.05, 3.63) is 18.2 Å². The van der Waals surface area contributed by atoms with Crippen molar-refractivity contribution in [2.45, 2.75) is 246 Å². The summed E-state index contributed by atoms with van der Waals surface area (Å²) in [5.74, 6) is 1.62. The Kier molecular flexibility index (Phi) is 30.5. The van der Waals surface area contributed by atoms with Gasteiger partial charge in [-0.05, 0) is 32.1 Å². The van der Waals surface area contributed by atoms with E-state index in [1.54, 1.807) is 5.82 Å². The SMILES string of the molecule is CCCCCCCCCCCCCCC[n+]1ccn(CCCCCCCCCCC)c1CCCCCCCCCCCC. The number of nitrogens with zero attached hydrogens (tertiary/aromatic N) is 2. The molecule has 1 aromatic heterocycles. The van der Waals surface area contributed by atoms with Crippen molar-refractivity contribution >= 4 is 0 Å². The molecule has 0 aliphatic rings. The largest absolute Gasteiger partial charge is 0.256 e. The first-order valence-electron chi connectivity index (χ1n) is 20.4. The second-order valence-electron chi connectivity index (χ2n) is 14.1. The van der Waals surface area contributed by atoms with E-state index in [1.807, 2.05) is 0 Å². The molecule has 0 aliphatic heterocycles. The second kappa shape index (κ2) is 32.6. The third-order valence-corrected chi connectivity index (χ3v) is 9.85. The van der Waals surface area contributed by atoms with Crippen molar-refractivity contribution in [3.63, 3.8) is 0 Å². The van der Waals surface area contributed by atoms with E-state index in [0.29, 0.717) is 0 Å². The van der Waals surface area contributed by atoms with Gasteiger partial charge in [0.2, 0.25) is 0 Å². The molecule has 2 nitrogen and oxygen atoms in total. The minimum atomic E-state index is 1.23. The van der Waals surface area contributed by atoms with Crippen LogP contribution >= 0.6 is 0 Å². The third-order valence-electron chi connectivity index (χ3n) is 9.85. The smallest absolute Gasteiger partial charge is 0.234 e. The Morgan fingerprint density at radius 2 is 0.721 bits per heavy atom. The number of hydrogen-bond donors (Lipinski definition) is 0. The second-order valence-corrected chi connectivity index (χ2v) is 14.1. The molecule has 0 unspecified atom stereocenters. The lowest BCUT2D eigenvalue weighted by atomic mass is 10.0. The van der Waals surface area contributed by atoms with Gasteiger partial charge in [0.15, 0.2) is 0 Å². The minimum absolute atomic E-state index is 1.23. The Bertz CT molecular complexity index is 663. The van der Waals surface area contributed by atoms with Crippen LogP contribution in [-0.4, -0.2) is 4.57 Å². The van der Waals surface area contributed by atoms with Crippen LogP contribution in [0.15, 0.2) is 12.4 Å². The molecule has 1 rings (SSSR count). The monoisotopic (exact) mass is 602 g/mol. The fourth-order valence-electron chi connectivity index (χ4n) is 6.86. The van der Waals surface area contributed by atoms with E-state index in [9.17, 15) is 0 Å². The van der Waals surface area contributed by atoms with Crippen molar-refractivity contribution in [2.24, 2.45) is 0 Å². The number of imidazole rings is 1. The van der Waals surface area contributed by atoms with Crippen molar-refractivity contribution in [1.29, 1.82) is 0 Å². The summed E-state index contributed by atoms with van der Waals surface area (Å²) in [6, 6.07) is 0. The first-order valence-corrected chi connectivity index (χ1v) is 20.4. The first kappa shape index (κ1) is 40.2. The van der Waals surface area contributed by atoms with Crippen LogP contribution in [-0.2, 0) is 19.5 Å². The summed E-state index contributed by atoms with van der Waals surface area (Å²) in [7, 11) is 0. The van der Waals surface area contributed by atoms with Crippen molar-refractivity contribution in [3.8, 4) is 0 Å². The van der Waals surface area contributed by atoms with Gasteiger partial charge in [-0.15, -0.1) is 0 Å². The Morgan fingerprint density at radius 1 is 0.395 bits per heavy atom. The third kappa shape index (κ3) is 25.1. The molecule has 0 aromatic carbocycles. The van der Waals surface area contributed by atoms with E-state index in [2.05, 4.69) is 42.3 Å². The molecular weight excluding hydrogens is 520 g/mol. The normalized spacial score (nSPS) is 11.6. The van der Waals surface area contributed by atoms with Crippen LogP contribution in [0.5, 0.6) is 0 Å². The lowest BCUT2D eigenvalue weighted by Gasteiger charge is -2.07. The molecule has 0 fully saturated rings. The molecule has 0 atom stereocenters. The van der Waals surface area contributed by atoms with E-state index in [1.165, 1.54) is 225 Å². The van der Waals surface area contributed by atoms with E-state index >= 15 is 0 Å². The van der Waals surface area contributed by atoms with Gasteiger partial charge in [0.1, 0.15) is 12.4 Å². The van der Waals surface area contributed by atoms with Gasteiger partial charge in [0.25, 0.3) is 5.82 Å². The van der Waals surface area contributed by atoms with Crippen molar-refractivity contribution in [1.82, 2.24) is 4.57 Å². The van der Waals surface area contributed by atoms with Crippen LogP contribution in [0, 0.1) is 0 Å². The van der Waals surface area contributed by atoms with Gasteiger partial charge >= 0.3 is 0 Å². The quantitative estimate of drug-likeness (QED) is 0.0540. The van der Waals surface area contributed by atoms with Crippen molar-refractivity contribution < 1.29 is 4.57 Å². The molecule has 2 heteroatoms. The van der Waals surface area contributed by atoms with Gasteiger partial charge in [0.05, 0.1) is 13.1 Å². The highest BCUT2D eigenvalue weighted by Crippen LogP contribution is 2.15. The zero-order chi connectivity index (χ0) is 30.9. The van der Waals surface area contributed by atoms with E-state index < -0.39 is 0 Å². The summed E-state index contributed by atoms with van der Waals surface area (Å²) < 4.78 is 5.28. The van der Waals surface area contributed by atoms with Gasteiger partial charge in [-0.1, -0.05) is 194 Å².